The van der Waals surface area contributed by atoms with E-state index < -0.39 is 10.8 Å². The van der Waals surface area contributed by atoms with Crippen molar-refractivity contribution in [2.75, 3.05) is 0 Å². The molecule has 1 heterocycles. The van der Waals surface area contributed by atoms with Gasteiger partial charge in [-0.05, 0) is 37.1 Å². The first-order valence-electron chi connectivity index (χ1n) is 5.55. The molecule has 0 saturated heterocycles. The van der Waals surface area contributed by atoms with Gasteiger partial charge >= 0.3 is 0 Å². The summed E-state index contributed by atoms with van der Waals surface area (Å²) in [5, 5.41) is 2.96. The van der Waals surface area contributed by atoms with Gasteiger partial charge < -0.3 is 0 Å². The van der Waals surface area contributed by atoms with Crippen LogP contribution in [-0.4, -0.2) is 9.19 Å². The molecule has 18 heavy (non-hydrogen) atoms. The molecule has 0 aliphatic carbocycles. The SMILES string of the molecule is Cc1csc(CS(=O)Cc2ccc(Br)cc2C)n1. The molecular weight excluding hydrogens is 330 g/mol. The molecule has 0 aliphatic heterocycles. The monoisotopic (exact) mass is 343 g/mol. The van der Waals surface area contributed by atoms with Crippen molar-refractivity contribution in [1.82, 2.24) is 4.98 Å². The summed E-state index contributed by atoms with van der Waals surface area (Å²) >= 11 is 5.02. The summed E-state index contributed by atoms with van der Waals surface area (Å²) in [4.78, 5) is 4.35. The maximum atomic E-state index is 12.1. The van der Waals surface area contributed by atoms with E-state index in [9.17, 15) is 4.21 Å². The molecule has 2 nitrogen and oxygen atoms in total. The number of hydrogen-bond donors (Lipinski definition) is 0. The van der Waals surface area contributed by atoms with Crippen LogP contribution in [-0.2, 0) is 22.3 Å². The largest absolute Gasteiger partial charge is 0.259 e. The third-order valence-electron chi connectivity index (χ3n) is 2.57. The Labute approximate surface area is 122 Å². The fraction of sp³-hybridized carbons (Fsp3) is 0.308. The van der Waals surface area contributed by atoms with E-state index in [0.717, 1.165) is 20.7 Å². The van der Waals surface area contributed by atoms with Gasteiger partial charge in [0.25, 0.3) is 0 Å². The van der Waals surface area contributed by atoms with Crippen molar-refractivity contribution < 1.29 is 4.21 Å². The van der Waals surface area contributed by atoms with Crippen molar-refractivity contribution in [3.05, 3.63) is 49.9 Å². The number of thiazole rings is 1. The van der Waals surface area contributed by atoms with Crippen LogP contribution in [0.15, 0.2) is 28.1 Å². The highest BCUT2D eigenvalue weighted by atomic mass is 79.9. The van der Waals surface area contributed by atoms with E-state index in [1.807, 2.05) is 31.4 Å². The Morgan fingerprint density at radius 1 is 1.33 bits per heavy atom. The van der Waals surface area contributed by atoms with E-state index in [2.05, 4.69) is 27.0 Å². The molecule has 0 amide bonds. The Kier molecular flexibility index (Phi) is 4.70. The highest BCUT2D eigenvalue weighted by Crippen LogP contribution is 2.19. The lowest BCUT2D eigenvalue weighted by Crippen LogP contribution is -2.01. The van der Waals surface area contributed by atoms with Crippen LogP contribution < -0.4 is 0 Å². The van der Waals surface area contributed by atoms with Crippen LogP contribution in [0.4, 0.5) is 0 Å². The summed E-state index contributed by atoms with van der Waals surface area (Å²) in [6.07, 6.45) is 0. The smallest absolute Gasteiger partial charge is 0.105 e. The van der Waals surface area contributed by atoms with Crippen LogP contribution in [0.25, 0.3) is 0 Å². The van der Waals surface area contributed by atoms with Crippen LogP contribution in [0.1, 0.15) is 21.8 Å². The summed E-state index contributed by atoms with van der Waals surface area (Å²) in [6.45, 7) is 4.01. The average molecular weight is 344 g/mol. The number of nitrogens with zero attached hydrogens (tertiary/aromatic N) is 1. The maximum absolute atomic E-state index is 12.1. The molecule has 1 aromatic heterocycles. The average Bonchev–Trinajstić information content (AvgIpc) is 2.68. The summed E-state index contributed by atoms with van der Waals surface area (Å²) < 4.78 is 13.2. The number of rotatable bonds is 4. The van der Waals surface area contributed by atoms with Crippen LogP contribution in [0, 0.1) is 13.8 Å². The molecule has 1 atom stereocenters. The van der Waals surface area contributed by atoms with Crippen LogP contribution in [0.5, 0.6) is 0 Å². The zero-order valence-corrected chi connectivity index (χ0v) is 13.5. The number of aromatic nitrogens is 1. The van der Waals surface area contributed by atoms with Crippen molar-refractivity contribution in [2.45, 2.75) is 25.4 Å². The van der Waals surface area contributed by atoms with Gasteiger partial charge in [-0.3, -0.25) is 4.21 Å². The molecule has 2 aromatic rings. The summed E-state index contributed by atoms with van der Waals surface area (Å²) in [5.41, 5.74) is 3.32. The summed E-state index contributed by atoms with van der Waals surface area (Å²) in [5.74, 6) is 1.14. The Morgan fingerprint density at radius 2 is 2.11 bits per heavy atom. The van der Waals surface area contributed by atoms with Gasteiger partial charge in [-0.15, -0.1) is 11.3 Å². The number of aryl methyl sites for hydroxylation is 2. The Bertz CT molecular complexity index is 580. The first kappa shape index (κ1) is 13.9. The molecule has 96 valence electrons. The van der Waals surface area contributed by atoms with Crippen LogP contribution >= 0.6 is 27.3 Å². The molecule has 0 spiro atoms. The Hall–Kier alpha value is -0.520. The molecule has 1 aromatic carbocycles. The van der Waals surface area contributed by atoms with Crippen molar-refractivity contribution in [1.29, 1.82) is 0 Å². The Balaban J connectivity index is 2.03. The van der Waals surface area contributed by atoms with Gasteiger partial charge in [0.2, 0.25) is 0 Å². The van der Waals surface area contributed by atoms with Crippen molar-refractivity contribution in [3.63, 3.8) is 0 Å². The maximum Gasteiger partial charge on any atom is 0.105 e. The minimum absolute atomic E-state index is 0.550. The normalized spacial score (nSPS) is 12.6. The first-order chi connectivity index (χ1) is 8.54. The van der Waals surface area contributed by atoms with Gasteiger partial charge in [-0.25, -0.2) is 4.98 Å². The van der Waals surface area contributed by atoms with Gasteiger partial charge in [0.15, 0.2) is 0 Å². The molecule has 0 aliphatic rings. The number of hydrogen-bond acceptors (Lipinski definition) is 3. The molecule has 0 bridgehead atoms. The molecule has 0 N–H and O–H groups in total. The fourth-order valence-corrected chi connectivity index (χ4v) is 4.46. The summed E-state index contributed by atoms with van der Waals surface area (Å²) in [6, 6.07) is 6.08. The highest BCUT2D eigenvalue weighted by Gasteiger charge is 2.08. The topological polar surface area (TPSA) is 30.0 Å². The lowest BCUT2D eigenvalue weighted by molar-refractivity contribution is 0.682. The zero-order chi connectivity index (χ0) is 13.1. The van der Waals surface area contributed by atoms with E-state index in [1.165, 1.54) is 5.56 Å². The first-order valence-corrected chi connectivity index (χ1v) is 8.71. The van der Waals surface area contributed by atoms with E-state index in [-0.39, 0.29) is 0 Å². The molecular formula is C13H14BrNOS2. The molecule has 2 rings (SSSR count). The second-order valence-corrected chi connectivity index (χ2v) is 7.50. The van der Waals surface area contributed by atoms with Crippen LogP contribution in [0.3, 0.4) is 0 Å². The Morgan fingerprint density at radius 3 is 2.72 bits per heavy atom. The summed E-state index contributed by atoms with van der Waals surface area (Å²) in [7, 11) is -0.893. The quantitative estimate of drug-likeness (QED) is 0.840. The third-order valence-corrected chi connectivity index (χ3v) is 5.44. The standard InChI is InChI=1S/C13H14BrNOS2/c1-9-5-12(14)4-3-11(9)7-18(16)8-13-15-10(2)6-17-13/h3-6H,7-8H2,1-2H3. The molecule has 0 fully saturated rings. The van der Waals surface area contributed by atoms with Gasteiger partial charge in [0.1, 0.15) is 5.01 Å². The lowest BCUT2D eigenvalue weighted by Gasteiger charge is -2.05. The molecule has 5 heteroatoms. The lowest BCUT2D eigenvalue weighted by atomic mass is 10.1. The predicted octanol–water partition coefficient (Wildman–Crippen LogP) is 3.97. The second kappa shape index (κ2) is 6.08. The van der Waals surface area contributed by atoms with Gasteiger partial charge in [0, 0.05) is 32.1 Å². The van der Waals surface area contributed by atoms with Crippen molar-refractivity contribution in [3.8, 4) is 0 Å². The highest BCUT2D eigenvalue weighted by molar-refractivity contribution is 9.10. The number of halogens is 1. The van der Waals surface area contributed by atoms with E-state index >= 15 is 0 Å². The van der Waals surface area contributed by atoms with E-state index in [4.69, 9.17) is 0 Å². The molecule has 0 saturated carbocycles. The molecule has 0 radical (unpaired) electrons. The zero-order valence-electron chi connectivity index (χ0n) is 10.3. The van der Waals surface area contributed by atoms with Crippen LogP contribution in [0.2, 0.25) is 0 Å². The third kappa shape index (κ3) is 3.73. The van der Waals surface area contributed by atoms with E-state index in [0.29, 0.717) is 11.5 Å². The second-order valence-electron chi connectivity index (χ2n) is 4.18. The minimum Gasteiger partial charge on any atom is -0.259 e. The predicted molar refractivity (Wildman–Crippen MR) is 81.3 cm³/mol. The van der Waals surface area contributed by atoms with Gasteiger partial charge in [-0.1, -0.05) is 22.0 Å². The van der Waals surface area contributed by atoms with E-state index in [1.54, 1.807) is 11.3 Å². The minimum atomic E-state index is -0.893. The van der Waals surface area contributed by atoms with Gasteiger partial charge in [-0.2, -0.15) is 0 Å². The fourth-order valence-electron chi connectivity index (χ4n) is 1.65. The number of benzene rings is 1. The van der Waals surface area contributed by atoms with Crippen molar-refractivity contribution in [2.24, 2.45) is 0 Å². The van der Waals surface area contributed by atoms with Gasteiger partial charge in [0.05, 0.1) is 5.75 Å². The molecule has 1 unspecified atom stereocenters. The van der Waals surface area contributed by atoms with Crippen molar-refractivity contribution >= 4 is 38.1 Å².